The van der Waals surface area contributed by atoms with Crippen molar-refractivity contribution in [3.05, 3.63) is 47.5 Å². The molecule has 4 aromatic rings. The van der Waals surface area contributed by atoms with E-state index in [4.69, 9.17) is 33.0 Å². The van der Waals surface area contributed by atoms with E-state index >= 15 is 0 Å². The lowest BCUT2D eigenvalue weighted by atomic mass is 10.1. The number of hydrogen-bond acceptors (Lipinski definition) is 24. The van der Waals surface area contributed by atoms with Gasteiger partial charge in [0.2, 0.25) is 35.7 Å². The van der Waals surface area contributed by atoms with Gasteiger partial charge in [0.05, 0.1) is 51.1 Å². The first-order valence-electron chi connectivity index (χ1n) is 18.3. The summed E-state index contributed by atoms with van der Waals surface area (Å²) in [5.41, 5.74) is 0.338. The molecule has 2 aromatic heterocycles. The third kappa shape index (κ3) is 19.1. The number of hydrogen-bond donors (Lipinski definition) is 12. The smallest absolute Gasteiger partial charge is 0.357 e. The fraction of sp³-hybridized carbons (Fsp3) is 0.375. The number of ether oxygens (including phenoxy) is 2. The summed E-state index contributed by atoms with van der Waals surface area (Å²) < 4.78 is 135. The summed E-state index contributed by atoms with van der Waals surface area (Å²) in [4.78, 5) is 24.4. The Labute approximate surface area is 368 Å². The predicted octanol–water partition coefficient (Wildman–Crippen LogP) is -0.0826. The quantitative estimate of drug-likeness (QED) is 0.0146. The summed E-state index contributed by atoms with van der Waals surface area (Å²) in [6.07, 6.45) is 2.59. The van der Waals surface area contributed by atoms with Crippen LogP contribution < -0.4 is 36.1 Å². The van der Waals surface area contributed by atoms with Gasteiger partial charge in [-0.25, -0.2) is 0 Å². The molecule has 1 atom stereocenters. The highest BCUT2D eigenvalue weighted by Crippen LogP contribution is 2.30. The summed E-state index contributed by atoms with van der Waals surface area (Å²) in [6.45, 7) is -0.0958. The van der Waals surface area contributed by atoms with Gasteiger partial charge in [0.15, 0.2) is 5.75 Å². The van der Waals surface area contributed by atoms with Crippen molar-refractivity contribution in [3.63, 3.8) is 0 Å². The second-order valence-electron chi connectivity index (χ2n) is 12.4. The van der Waals surface area contributed by atoms with E-state index in [0.29, 0.717) is 0 Å². The number of aliphatic hydroxyl groups excluding tert-OH is 2. The van der Waals surface area contributed by atoms with E-state index < -0.39 is 58.1 Å². The lowest BCUT2D eigenvalue weighted by Gasteiger charge is -2.13. The van der Waals surface area contributed by atoms with E-state index in [1.54, 1.807) is 0 Å². The molecule has 352 valence electrons. The zero-order valence-electron chi connectivity index (χ0n) is 33.2. The Kier molecular flexibility index (Phi) is 19.6. The maximum absolute atomic E-state index is 12.6. The van der Waals surface area contributed by atoms with E-state index in [-0.39, 0.29) is 130 Å². The molecule has 0 aliphatic rings. The van der Waals surface area contributed by atoms with Crippen LogP contribution in [0.25, 0.3) is 12.2 Å². The first-order chi connectivity index (χ1) is 30.3. The Hall–Kier alpha value is -5.52. The van der Waals surface area contributed by atoms with Crippen molar-refractivity contribution in [2.24, 2.45) is 0 Å². The standard InChI is InChI=1S/C32H44N12O16S4/c45-11-15-58-13-7-33-27-39-29(35-9-17-62(49,50)51)43-31(41-27)37-23-5-3-21(25(19-23)60-61(47)48)1-2-22-4-6-24(20-26(22)64(55,56)57)38-32-42-28(34-8-14-59-16-12-46)40-30(44-32)36-10-18-63(52,53)54/h1-6,19-20,45-46H,7-18H2,(H,47,48)(H,49,50,51)(H,52,53,54)(H,55,56,57)(H3,33,35,37,39,41,43)(H3,34,36,38,40,42,44). The predicted molar refractivity (Wildman–Crippen MR) is 232 cm³/mol. The van der Waals surface area contributed by atoms with Crippen molar-refractivity contribution < 1.29 is 71.5 Å². The molecule has 0 radical (unpaired) electrons. The average Bonchev–Trinajstić information content (AvgIpc) is 3.19. The lowest BCUT2D eigenvalue weighted by molar-refractivity contribution is 0.0991. The van der Waals surface area contributed by atoms with Crippen molar-refractivity contribution in [3.8, 4) is 5.75 Å². The largest absolute Gasteiger partial charge is 0.394 e. The third-order valence-electron chi connectivity index (χ3n) is 7.51. The monoisotopic (exact) mass is 980 g/mol. The highest BCUT2D eigenvalue weighted by atomic mass is 32.2. The number of aromatic nitrogens is 6. The van der Waals surface area contributed by atoms with Crippen LogP contribution in [-0.2, 0) is 51.2 Å². The van der Waals surface area contributed by atoms with Gasteiger partial charge in [0.1, 0.15) is 4.90 Å². The third-order valence-corrected chi connectivity index (χ3v) is 10.2. The average molecular weight is 981 g/mol. The fourth-order valence-corrected chi connectivity index (χ4v) is 6.60. The summed E-state index contributed by atoms with van der Waals surface area (Å²) in [6, 6.07) is 7.93. The first-order valence-corrected chi connectivity index (χ1v) is 24.0. The molecule has 2 heterocycles. The summed E-state index contributed by atoms with van der Waals surface area (Å²) in [5, 5.41) is 34.5. The highest BCUT2D eigenvalue weighted by molar-refractivity contribution is 7.86. The van der Waals surface area contributed by atoms with Gasteiger partial charge in [0, 0.05) is 49.2 Å². The van der Waals surface area contributed by atoms with Crippen LogP contribution in [-0.4, -0.2) is 165 Å². The number of aliphatic hydroxyl groups is 2. The van der Waals surface area contributed by atoms with Crippen molar-refractivity contribution >= 4 is 101 Å². The molecule has 0 amide bonds. The molecular weight excluding hydrogens is 937 g/mol. The minimum absolute atomic E-state index is 0.00480. The molecule has 0 saturated carbocycles. The van der Waals surface area contributed by atoms with Gasteiger partial charge in [-0.3, -0.25) is 18.2 Å². The molecule has 0 spiro atoms. The van der Waals surface area contributed by atoms with Gasteiger partial charge in [-0.05, 0) is 29.8 Å². The summed E-state index contributed by atoms with van der Waals surface area (Å²) in [5.74, 6) is -2.07. The maximum Gasteiger partial charge on any atom is 0.357 e. The number of nitrogens with zero attached hydrogens (tertiary/aromatic N) is 6. The van der Waals surface area contributed by atoms with Gasteiger partial charge < -0.3 is 55.8 Å². The molecular formula is C32H44N12O16S4. The first kappa shape index (κ1) is 51.1. The number of rotatable bonds is 29. The van der Waals surface area contributed by atoms with Crippen LogP contribution >= 0.6 is 0 Å². The number of benzene rings is 2. The minimum atomic E-state index is -4.92. The van der Waals surface area contributed by atoms with Crippen molar-refractivity contribution in [2.75, 3.05) is 109 Å². The van der Waals surface area contributed by atoms with E-state index in [1.807, 2.05) is 0 Å². The van der Waals surface area contributed by atoms with Crippen LogP contribution in [0.3, 0.4) is 0 Å². The Bertz CT molecular complexity index is 2580. The molecule has 0 fully saturated rings. The second-order valence-corrected chi connectivity index (χ2v) is 17.6. The van der Waals surface area contributed by atoms with Crippen LogP contribution in [0.5, 0.6) is 5.75 Å². The van der Waals surface area contributed by atoms with Crippen molar-refractivity contribution in [2.45, 2.75) is 4.90 Å². The van der Waals surface area contributed by atoms with Crippen LogP contribution in [0.4, 0.5) is 47.1 Å². The van der Waals surface area contributed by atoms with Crippen LogP contribution in [0.1, 0.15) is 11.1 Å². The fourth-order valence-electron chi connectivity index (χ4n) is 4.88. The minimum Gasteiger partial charge on any atom is -0.394 e. The molecule has 28 nitrogen and oxygen atoms in total. The van der Waals surface area contributed by atoms with Crippen molar-refractivity contribution in [1.82, 2.24) is 29.9 Å². The van der Waals surface area contributed by atoms with Crippen LogP contribution in [0.2, 0.25) is 0 Å². The maximum atomic E-state index is 12.6. The molecule has 2 aromatic carbocycles. The molecule has 0 saturated heterocycles. The zero-order valence-corrected chi connectivity index (χ0v) is 36.5. The van der Waals surface area contributed by atoms with Crippen molar-refractivity contribution in [1.29, 1.82) is 0 Å². The number of nitrogens with one attached hydrogen (secondary N) is 6. The molecule has 0 bridgehead atoms. The topological polar surface area (TPSA) is 418 Å². The highest BCUT2D eigenvalue weighted by Gasteiger charge is 2.18. The normalized spacial score (nSPS) is 12.5. The molecule has 32 heteroatoms. The molecule has 0 aliphatic carbocycles. The van der Waals surface area contributed by atoms with Crippen LogP contribution in [0.15, 0.2) is 41.3 Å². The molecule has 1 unspecified atom stereocenters. The van der Waals surface area contributed by atoms with E-state index in [9.17, 15) is 38.6 Å². The second kappa shape index (κ2) is 24.5. The summed E-state index contributed by atoms with van der Waals surface area (Å²) in [7, 11) is -13.6. The molecule has 0 aliphatic heterocycles. The summed E-state index contributed by atoms with van der Waals surface area (Å²) >= 11 is -2.85. The lowest BCUT2D eigenvalue weighted by Crippen LogP contribution is -2.18. The molecule has 12 N–H and O–H groups in total. The Morgan fingerprint density at radius 2 is 0.969 bits per heavy atom. The van der Waals surface area contributed by atoms with Gasteiger partial charge in [-0.1, -0.05) is 18.2 Å². The van der Waals surface area contributed by atoms with Gasteiger partial charge >= 0.3 is 11.4 Å². The Morgan fingerprint density at radius 1 is 0.562 bits per heavy atom. The molecule has 64 heavy (non-hydrogen) atoms. The van der Waals surface area contributed by atoms with Gasteiger partial charge in [0.25, 0.3) is 30.4 Å². The van der Waals surface area contributed by atoms with Gasteiger partial charge in [-0.2, -0.15) is 59.4 Å². The Balaban J connectivity index is 1.60. The number of anilines is 8. The van der Waals surface area contributed by atoms with E-state index in [1.165, 1.54) is 42.5 Å². The van der Waals surface area contributed by atoms with Crippen LogP contribution in [0, 0.1) is 0 Å². The van der Waals surface area contributed by atoms with E-state index in [2.05, 4.69) is 61.8 Å². The SMILES string of the molecule is O=S(O)Oc1cc(Nc2nc(NCCOCCO)nc(NCCS(=O)(=O)O)n2)ccc1C=Cc1ccc(Nc2nc(NCCOCCO)nc(NCCS(=O)(=O)O)n2)cc1S(=O)(=O)O. The zero-order chi connectivity index (χ0) is 46.8. The van der Waals surface area contributed by atoms with E-state index in [0.717, 1.165) is 6.07 Å². The van der Waals surface area contributed by atoms with Gasteiger partial charge in [-0.15, -0.1) is 0 Å². The Morgan fingerprint density at radius 3 is 1.39 bits per heavy atom. The molecule has 4 rings (SSSR count).